The normalized spacial score (nSPS) is 16.0. The van der Waals surface area contributed by atoms with E-state index in [1.807, 2.05) is 0 Å². The standard InChI is InChI=1S/C10F16O2/c11-1(3(27)5(13,14)7(17,18)9(21,22)23)2(12)4(28)6(15,16)8(19,20)10(24,25)26. The van der Waals surface area contributed by atoms with E-state index in [0.717, 1.165) is 0 Å². The Morgan fingerprint density at radius 2 is 0.607 bits per heavy atom. The molecule has 0 aliphatic rings. The lowest BCUT2D eigenvalue weighted by molar-refractivity contribution is -0.343. The Hall–Kier alpha value is -2.04. The smallest absolute Gasteiger partial charge is 0.284 e. The van der Waals surface area contributed by atoms with Crippen LogP contribution in [0.2, 0.25) is 0 Å². The fourth-order valence-corrected chi connectivity index (χ4v) is 1.12. The molecule has 0 saturated heterocycles. The lowest BCUT2D eigenvalue weighted by atomic mass is 10.0. The van der Waals surface area contributed by atoms with Gasteiger partial charge in [-0.1, -0.05) is 0 Å². The van der Waals surface area contributed by atoms with Gasteiger partial charge in [-0.3, -0.25) is 9.59 Å². The van der Waals surface area contributed by atoms with Crippen LogP contribution in [-0.2, 0) is 9.59 Å². The van der Waals surface area contributed by atoms with Crippen LogP contribution in [0.3, 0.4) is 0 Å². The Morgan fingerprint density at radius 1 is 0.429 bits per heavy atom. The second kappa shape index (κ2) is 6.78. The molecule has 0 bridgehead atoms. The van der Waals surface area contributed by atoms with Crippen LogP contribution in [-0.4, -0.2) is 47.6 Å². The third kappa shape index (κ3) is 3.76. The summed E-state index contributed by atoms with van der Waals surface area (Å²) in [5.74, 6) is -47.8. The number of Topliss-reactive ketones (excluding diaryl/α,β-unsaturated/α-hetero) is 2. The van der Waals surface area contributed by atoms with Crippen molar-refractivity contribution in [1.29, 1.82) is 0 Å². The number of alkyl halides is 14. The highest BCUT2D eigenvalue weighted by atomic mass is 19.4. The van der Waals surface area contributed by atoms with Crippen LogP contribution in [0, 0.1) is 0 Å². The average molecular weight is 456 g/mol. The maximum atomic E-state index is 13.0. The molecule has 0 spiro atoms. The summed E-state index contributed by atoms with van der Waals surface area (Å²) in [5, 5.41) is 0. The lowest BCUT2D eigenvalue weighted by Crippen LogP contribution is -2.57. The molecule has 0 saturated carbocycles. The maximum absolute atomic E-state index is 13.0. The van der Waals surface area contributed by atoms with E-state index in [0.29, 0.717) is 0 Å². The molecule has 0 aromatic heterocycles. The summed E-state index contributed by atoms with van der Waals surface area (Å²) in [5.41, 5.74) is 0. The summed E-state index contributed by atoms with van der Waals surface area (Å²) >= 11 is 0. The van der Waals surface area contributed by atoms with Gasteiger partial charge in [0.15, 0.2) is 0 Å². The SMILES string of the molecule is O=C(C(F)=C(F)C(=O)C(F)(F)C(F)(F)C(F)(F)F)C(F)(F)C(F)(F)C(F)(F)F. The zero-order valence-electron chi connectivity index (χ0n) is 11.9. The van der Waals surface area contributed by atoms with Gasteiger partial charge in [0.05, 0.1) is 0 Å². The molecule has 0 aliphatic heterocycles. The number of hydrogen-bond donors (Lipinski definition) is 0. The molecule has 0 heterocycles. The highest BCUT2D eigenvalue weighted by Crippen LogP contribution is 2.50. The van der Waals surface area contributed by atoms with Crippen molar-refractivity contribution in [1.82, 2.24) is 0 Å². The summed E-state index contributed by atoms with van der Waals surface area (Å²) < 4.78 is 198. The molecule has 0 aromatic rings. The van der Waals surface area contributed by atoms with Crippen molar-refractivity contribution in [2.24, 2.45) is 0 Å². The largest absolute Gasteiger partial charge is 0.460 e. The summed E-state index contributed by atoms with van der Waals surface area (Å²) in [6.45, 7) is 0. The van der Waals surface area contributed by atoms with Crippen molar-refractivity contribution in [3.05, 3.63) is 11.7 Å². The molecule has 164 valence electrons. The van der Waals surface area contributed by atoms with Gasteiger partial charge in [0, 0.05) is 0 Å². The van der Waals surface area contributed by atoms with Gasteiger partial charge in [-0.25, -0.2) is 0 Å². The van der Waals surface area contributed by atoms with Crippen LogP contribution < -0.4 is 0 Å². The molecule has 0 fully saturated rings. The fourth-order valence-electron chi connectivity index (χ4n) is 1.12. The van der Waals surface area contributed by atoms with E-state index in [4.69, 9.17) is 0 Å². The number of carbonyl (C=O) groups is 2. The molecule has 2 nitrogen and oxygen atoms in total. The molecule has 28 heavy (non-hydrogen) atoms. The molecule has 0 atom stereocenters. The first-order chi connectivity index (χ1) is 11.9. The summed E-state index contributed by atoms with van der Waals surface area (Å²) in [4.78, 5) is 21.1. The van der Waals surface area contributed by atoms with E-state index < -0.39 is 59.3 Å². The topological polar surface area (TPSA) is 34.1 Å². The first-order valence-corrected chi connectivity index (χ1v) is 5.68. The monoisotopic (exact) mass is 456 g/mol. The Bertz CT molecular complexity index is 621. The number of rotatable bonds is 6. The van der Waals surface area contributed by atoms with Gasteiger partial charge in [-0.2, -0.15) is 70.2 Å². The van der Waals surface area contributed by atoms with Crippen molar-refractivity contribution in [2.75, 3.05) is 0 Å². The first-order valence-electron chi connectivity index (χ1n) is 5.68. The van der Waals surface area contributed by atoms with Gasteiger partial charge in [0.25, 0.3) is 11.6 Å². The second-order valence-corrected chi connectivity index (χ2v) is 4.58. The predicted octanol–water partition coefficient (Wildman–Crippen LogP) is 4.94. The Balaban J connectivity index is 6.31. The minimum atomic E-state index is -7.49. The van der Waals surface area contributed by atoms with Crippen LogP contribution in [0.5, 0.6) is 0 Å². The molecular weight excluding hydrogens is 456 g/mol. The molecule has 18 heteroatoms. The van der Waals surface area contributed by atoms with Crippen molar-refractivity contribution >= 4 is 11.6 Å². The maximum Gasteiger partial charge on any atom is 0.460 e. The van der Waals surface area contributed by atoms with Gasteiger partial charge in [-0.05, 0) is 0 Å². The quantitative estimate of drug-likeness (QED) is 0.420. The third-order valence-electron chi connectivity index (χ3n) is 2.66. The van der Waals surface area contributed by atoms with Gasteiger partial charge >= 0.3 is 36.0 Å². The number of halogens is 16. The van der Waals surface area contributed by atoms with Gasteiger partial charge in [0.1, 0.15) is 0 Å². The molecule has 0 aliphatic carbocycles. The number of ketones is 2. The van der Waals surface area contributed by atoms with Crippen molar-refractivity contribution in [2.45, 2.75) is 36.0 Å². The van der Waals surface area contributed by atoms with Crippen LogP contribution >= 0.6 is 0 Å². The minimum Gasteiger partial charge on any atom is -0.284 e. The zero-order valence-corrected chi connectivity index (χ0v) is 11.9. The van der Waals surface area contributed by atoms with E-state index >= 15 is 0 Å². The van der Waals surface area contributed by atoms with Crippen LogP contribution in [0.4, 0.5) is 70.2 Å². The minimum absolute atomic E-state index is 4.48. The fraction of sp³-hybridized carbons (Fsp3) is 0.600. The van der Waals surface area contributed by atoms with Crippen molar-refractivity contribution in [3.63, 3.8) is 0 Å². The van der Waals surface area contributed by atoms with Gasteiger partial charge in [-0.15, -0.1) is 0 Å². The number of allylic oxidation sites excluding steroid dienone is 2. The van der Waals surface area contributed by atoms with Crippen LogP contribution in [0.15, 0.2) is 11.7 Å². The molecule has 0 N–H and O–H groups in total. The summed E-state index contributed by atoms with van der Waals surface area (Å²) in [7, 11) is 0. The van der Waals surface area contributed by atoms with Crippen LogP contribution in [0.1, 0.15) is 0 Å². The predicted molar refractivity (Wildman–Crippen MR) is 51.2 cm³/mol. The van der Waals surface area contributed by atoms with E-state index in [1.54, 1.807) is 0 Å². The van der Waals surface area contributed by atoms with Crippen molar-refractivity contribution in [3.8, 4) is 0 Å². The van der Waals surface area contributed by atoms with Crippen molar-refractivity contribution < 1.29 is 79.8 Å². The molecule has 0 unspecified atom stereocenters. The lowest BCUT2D eigenvalue weighted by Gasteiger charge is -2.27. The molecule has 0 amide bonds. The molecular formula is C10F16O2. The highest BCUT2D eigenvalue weighted by Gasteiger charge is 2.78. The van der Waals surface area contributed by atoms with Crippen LogP contribution in [0.25, 0.3) is 0 Å². The zero-order chi connectivity index (χ0) is 23.3. The molecule has 0 rings (SSSR count). The molecule has 0 aromatic carbocycles. The van der Waals surface area contributed by atoms with E-state index in [2.05, 4.69) is 0 Å². The first kappa shape index (κ1) is 26.0. The summed E-state index contributed by atoms with van der Waals surface area (Å²) in [6.07, 6.45) is -14.7. The number of carbonyl (C=O) groups excluding carboxylic acids is 2. The molecule has 0 radical (unpaired) electrons. The Morgan fingerprint density at radius 3 is 0.750 bits per heavy atom. The number of hydrogen-bond acceptors (Lipinski definition) is 2. The summed E-state index contributed by atoms with van der Waals surface area (Å²) in [6, 6.07) is 0. The van der Waals surface area contributed by atoms with E-state index in [1.165, 1.54) is 0 Å². The highest BCUT2D eigenvalue weighted by molar-refractivity contribution is 6.09. The van der Waals surface area contributed by atoms with E-state index in [9.17, 15) is 79.8 Å². The Labute approximate surface area is 140 Å². The third-order valence-corrected chi connectivity index (χ3v) is 2.66. The van der Waals surface area contributed by atoms with E-state index in [-0.39, 0.29) is 0 Å². The van der Waals surface area contributed by atoms with Gasteiger partial charge in [0.2, 0.25) is 11.7 Å². The average Bonchev–Trinajstić information content (AvgIpc) is 2.49. The second-order valence-electron chi connectivity index (χ2n) is 4.58. The van der Waals surface area contributed by atoms with Gasteiger partial charge < -0.3 is 0 Å². The Kier molecular flexibility index (Phi) is 6.29.